The third-order valence-corrected chi connectivity index (χ3v) is 4.38. The van der Waals surface area contributed by atoms with Crippen molar-refractivity contribution in [3.05, 3.63) is 60.2 Å². The van der Waals surface area contributed by atoms with Gasteiger partial charge < -0.3 is 16.4 Å². The van der Waals surface area contributed by atoms with Gasteiger partial charge in [-0.3, -0.25) is 4.79 Å². The predicted molar refractivity (Wildman–Crippen MR) is 90.2 cm³/mol. The second kappa shape index (κ2) is 6.12. The van der Waals surface area contributed by atoms with Gasteiger partial charge in [-0.05, 0) is 42.7 Å². The van der Waals surface area contributed by atoms with Crippen LogP contribution in [-0.4, -0.2) is 11.9 Å². The average molecular weight is 309 g/mol. The van der Waals surface area contributed by atoms with Crippen LogP contribution in [0.3, 0.4) is 0 Å². The lowest BCUT2D eigenvalue weighted by Crippen LogP contribution is -2.45. The van der Waals surface area contributed by atoms with E-state index in [2.05, 4.69) is 10.6 Å². The van der Waals surface area contributed by atoms with E-state index in [4.69, 9.17) is 5.73 Å². The predicted octanol–water partition coefficient (Wildman–Crippen LogP) is 3.24. The number of carbonyl (C=O) groups is 2. The molecule has 0 saturated heterocycles. The van der Waals surface area contributed by atoms with Crippen LogP contribution in [0.25, 0.3) is 0 Å². The van der Waals surface area contributed by atoms with Gasteiger partial charge in [-0.25, -0.2) is 4.79 Å². The van der Waals surface area contributed by atoms with Crippen LogP contribution in [0.2, 0.25) is 0 Å². The fourth-order valence-corrected chi connectivity index (χ4v) is 2.96. The van der Waals surface area contributed by atoms with Crippen molar-refractivity contribution in [1.29, 1.82) is 0 Å². The highest BCUT2D eigenvalue weighted by atomic mass is 16.2. The second-order valence-corrected chi connectivity index (χ2v) is 5.82. The van der Waals surface area contributed by atoms with Gasteiger partial charge in [0.1, 0.15) is 0 Å². The van der Waals surface area contributed by atoms with Crippen LogP contribution in [0, 0.1) is 0 Å². The molecule has 3 amide bonds. The van der Waals surface area contributed by atoms with Gasteiger partial charge in [0.25, 0.3) is 0 Å². The van der Waals surface area contributed by atoms with Crippen LogP contribution >= 0.6 is 0 Å². The van der Waals surface area contributed by atoms with Gasteiger partial charge in [-0.15, -0.1) is 0 Å². The van der Waals surface area contributed by atoms with E-state index < -0.39 is 11.4 Å². The average Bonchev–Trinajstić information content (AvgIpc) is 2.49. The van der Waals surface area contributed by atoms with Gasteiger partial charge in [0, 0.05) is 11.4 Å². The van der Waals surface area contributed by atoms with E-state index in [-0.39, 0.29) is 5.91 Å². The molecule has 2 aromatic rings. The summed E-state index contributed by atoms with van der Waals surface area (Å²) >= 11 is 0. The Hall–Kier alpha value is -2.82. The summed E-state index contributed by atoms with van der Waals surface area (Å²) < 4.78 is 0. The van der Waals surface area contributed by atoms with Gasteiger partial charge in [-0.2, -0.15) is 0 Å². The molecule has 118 valence electrons. The van der Waals surface area contributed by atoms with E-state index >= 15 is 0 Å². The summed E-state index contributed by atoms with van der Waals surface area (Å²) in [4.78, 5) is 23.6. The lowest BCUT2D eigenvalue weighted by molar-refractivity contribution is -0.124. The van der Waals surface area contributed by atoms with Crippen molar-refractivity contribution >= 4 is 23.3 Å². The van der Waals surface area contributed by atoms with Crippen LogP contribution < -0.4 is 16.4 Å². The van der Waals surface area contributed by atoms with Crippen molar-refractivity contribution in [2.75, 3.05) is 10.6 Å². The topological polar surface area (TPSA) is 84.2 Å². The number of hydrogen-bond acceptors (Lipinski definition) is 2. The molecule has 0 unspecified atom stereocenters. The molecule has 0 spiro atoms. The number of carbonyl (C=O) groups excluding carboxylic acids is 2. The SMILES string of the molecule is NC(=O)Nc1ccc(NC(=O)C2(c3ccccc3)CCC2)cc1. The number of nitrogens with one attached hydrogen (secondary N) is 2. The molecule has 0 aliphatic heterocycles. The molecule has 0 radical (unpaired) electrons. The molecule has 5 heteroatoms. The molecule has 23 heavy (non-hydrogen) atoms. The minimum atomic E-state index is -0.612. The fraction of sp³-hybridized carbons (Fsp3) is 0.222. The van der Waals surface area contributed by atoms with Crippen molar-refractivity contribution in [1.82, 2.24) is 0 Å². The maximum absolute atomic E-state index is 12.8. The first-order valence-electron chi connectivity index (χ1n) is 7.64. The number of benzene rings is 2. The largest absolute Gasteiger partial charge is 0.351 e. The van der Waals surface area contributed by atoms with E-state index in [1.54, 1.807) is 24.3 Å². The van der Waals surface area contributed by atoms with Crippen LogP contribution in [0.1, 0.15) is 24.8 Å². The molecule has 1 aliphatic carbocycles. The Kier molecular flexibility index (Phi) is 4.02. The first-order valence-corrected chi connectivity index (χ1v) is 7.64. The summed E-state index contributed by atoms with van der Waals surface area (Å²) in [6.45, 7) is 0. The maximum atomic E-state index is 12.8. The number of amides is 3. The van der Waals surface area contributed by atoms with E-state index in [1.807, 2.05) is 30.3 Å². The molecular weight excluding hydrogens is 290 g/mol. The van der Waals surface area contributed by atoms with Gasteiger partial charge in [0.2, 0.25) is 5.91 Å². The minimum Gasteiger partial charge on any atom is -0.351 e. The third-order valence-electron chi connectivity index (χ3n) is 4.38. The molecule has 0 atom stereocenters. The zero-order chi connectivity index (χ0) is 16.3. The van der Waals surface area contributed by atoms with Crippen molar-refractivity contribution in [2.45, 2.75) is 24.7 Å². The molecule has 0 heterocycles. The summed E-state index contributed by atoms with van der Waals surface area (Å²) in [5.74, 6) is 0.0190. The first-order chi connectivity index (χ1) is 11.1. The second-order valence-electron chi connectivity index (χ2n) is 5.82. The molecular formula is C18H19N3O2. The highest BCUT2D eigenvalue weighted by molar-refractivity contribution is 6.00. The monoisotopic (exact) mass is 309 g/mol. The van der Waals surface area contributed by atoms with Crippen molar-refractivity contribution in [3.63, 3.8) is 0 Å². The molecule has 3 rings (SSSR count). The normalized spacial score (nSPS) is 15.3. The zero-order valence-electron chi connectivity index (χ0n) is 12.7. The Balaban J connectivity index is 1.74. The van der Waals surface area contributed by atoms with E-state index in [9.17, 15) is 9.59 Å². The van der Waals surface area contributed by atoms with Crippen LogP contribution in [0.15, 0.2) is 54.6 Å². The van der Waals surface area contributed by atoms with Gasteiger partial charge in [-0.1, -0.05) is 36.8 Å². The number of anilines is 2. The minimum absolute atomic E-state index is 0.0190. The molecule has 5 nitrogen and oxygen atoms in total. The smallest absolute Gasteiger partial charge is 0.316 e. The lowest BCUT2D eigenvalue weighted by Gasteiger charge is -2.40. The number of urea groups is 1. The van der Waals surface area contributed by atoms with Crippen molar-refractivity contribution in [2.24, 2.45) is 5.73 Å². The molecule has 0 aromatic heterocycles. The summed E-state index contributed by atoms with van der Waals surface area (Å²) in [5, 5.41) is 5.47. The fourth-order valence-electron chi connectivity index (χ4n) is 2.96. The molecule has 2 aromatic carbocycles. The lowest BCUT2D eigenvalue weighted by atomic mass is 9.64. The van der Waals surface area contributed by atoms with Gasteiger partial charge >= 0.3 is 6.03 Å². The van der Waals surface area contributed by atoms with Crippen molar-refractivity contribution < 1.29 is 9.59 Å². The Morgan fingerprint density at radius 2 is 1.43 bits per heavy atom. The van der Waals surface area contributed by atoms with E-state index in [1.165, 1.54) is 0 Å². The Morgan fingerprint density at radius 3 is 1.91 bits per heavy atom. The number of hydrogen-bond donors (Lipinski definition) is 3. The maximum Gasteiger partial charge on any atom is 0.316 e. The third kappa shape index (κ3) is 3.04. The van der Waals surface area contributed by atoms with Crippen LogP contribution in [-0.2, 0) is 10.2 Å². The van der Waals surface area contributed by atoms with Crippen LogP contribution in [0.5, 0.6) is 0 Å². The molecule has 4 N–H and O–H groups in total. The Morgan fingerprint density at radius 1 is 0.870 bits per heavy atom. The highest BCUT2D eigenvalue weighted by Crippen LogP contribution is 2.44. The van der Waals surface area contributed by atoms with Gasteiger partial charge in [0.15, 0.2) is 0 Å². The number of nitrogens with two attached hydrogens (primary N) is 1. The standard InChI is InChI=1S/C18H19N3O2/c19-17(23)21-15-9-7-14(8-10-15)20-16(22)18(11-4-12-18)13-5-2-1-3-6-13/h1-3,5-10H,4,11-12H2,(H,20,22)(H3,19,21,23). The Bertz CT molecular complexity index is 707. The summed E-state index contributed by atoms with van der Waals surface area (Å²) in [6.07, 6.45) is 2.79. The number of primary amides is 1. The van der Waals surface area contributed by atoms with E-state index in [0.29, 0.717) is 11.4 Å². The van der Waals surface area contributed by atoms with Crippen molar-refractivity contribution in [3.8, 4) is 0 Å². The molecule has 1 saturated carbocycles. The van der Waals surface area contributed by atoms with Gasteiger partial charge in [0.05, 0.1) is 5.41 Å². The summed E-state index contributed by atoms with van der Waals surface area (Å²) in [6, 6.07) is 16.2. The number of rotatable bonds is 4. The van der Waals surface area contributed by atoms with Crippen LogP contribution in [0.4, 0.5) is 16.2 Å². The summed E-state index contributed by atoms with van der Waals surface area (Å²) in [5.41, 5.74) is 7.01. The van der Waals surface area contributed by atoms with E-state index in [0.717, 1.165) is 24.8 Å². The summed E-state index contributed by atoms with van der Waals surface area (Å²) in [7, 11) is 0. The molecule has 1 aliphatic rings. The Labute approximate surface area is 134 Å². The quantitative estimate of drug-likeness (QED) is 0.810. The molecule has 1 fully saturated rings. The first kappa shape index (κ1) is 15.1. The highest BCUT2D eigenvalue weighted by Gasteiger charge is 2.45. The zero-order valence-corrected chi connectivity index (χ0v) is 12.7. The molecule has 0 bridgehead atoms.